The molecule has 88 valence electrons. The molecule has 4 nitrogen and oxygen atoms in total. The molecule has 0 aromatic heterocycles. The fraction of sp³-hybridized carbons (Fsp3) is 0.909. The normalized spacial score (nSPS) is 23.9. The van der Waals surface area contributed by atoms with Crippen molar-refractivity contribution in [2.75, 3.05) is 26.9 Å². The molecule has 1 amide bonds. The fourth-order valence-corrected chi connectivity index (χ4v) is 1.67. The predicted octanol–water partition coefficient (Wildman–Crippen LogP) is 0.954. The molecule has 1 rings (SSSR count). The molecular formula is C11H21NO3. The van der Waals surface area contributed by atoms with Crippen molar-refractivity contribution in [3.8, 4) is 0 Å². The number of amides is 1. The molecule has 1 aliphatic carbocycles. The molecular weight excluding hydrogens is 194 g/mol. The summed E-state index contributed by atoms with van der Waals surface area (Å²) in [6, 6.07) is 0.406. The zero-order valence-electron chi connectivity index (χ0n) is 9.62. The molecule has 0 heterocycles. The summed E-state index contributed by atoms with van der Waals surface area (Å²) in [6.07, 6.45) is 3.55. The Labute approximate surface area is 91.3 Å². The van der Waals surface area contributed by atoms with Crippen LogP contribution in [0.5, 0.6) is 0 Å². The number of ether oxygens (including phenoxy) is 2. The Morgan fingerprint density at radius 1 is 1.47 bits per heavy atom. The Morgan fingerprint density at radius 3 is 2.93 bits per heavy atom. The molecule has 0 aromatic rings. The summed E-state index contributed by atoms with van der Waals surface area (Å²) in [7, 11) is 1.61. The van der Waals surface area contributed by atoms with Crippen LogP contribution in [-0.2, 0) is 14.3 Å². The van der Waals surface area contributed by atoms with E-state index in [1.807, 2.05) is 0 Å². The van der Waals surface area contributed by atoms with E-state index in [2.05, 4.69) is 12.2 Å². The molecule has 2 unspecified atom stereocenters. The number of rotatable bonds is 8. The first kappa shape index (κ1) is 12.5. The maximum Gasteiger partial charge on any atom is 0.246 e. The number of carbonyl (C=O) groups excluding carboxylic acids is 1. The lowest BCUT2D eigenvalue weighted by Crippen LogP contribution is -2.30. The van der Waals surface area contributed by atoms with Gasteiger partial charge in [0.25, 0.3) is 0 Å². The highest BCUT2D eigenvalue weighted by Crippen LogP contribution is 2.34. The fourth-order valence-electron chi connectivity index (χ4n) is 1.67. The van der Waals surface area contributed by atoms with E-state index in [1.165, 1.54) is 12.8 Å². The van der Waals surface area contributed by atoms with Crippen LogP contribution < -0.4 is 5.32 Å². The summed E-state index contributed by atoms with van der Waals surface area (Å²) in [4.78, 5) is 11.3. The Kier molecular flexibility index (Phi) is 5.65. The van der Waals surface area contributed by atoms with Crippen LogP contribution >= 0.6 is 0 Å². The van der Waals surface area contributed by atoms with Crippen LogP contribution in [0.25, 0.3) is 0 Å². The van der Waals surface area contributed by atoms with E-state index in [9.17, 15) is 4.79 Å². The molecule has 0 spiro atoms. The van der Waals surface area contributed by atoms with Crippen LogP contribution in [0.3, 0.4) is 0 Å². The van der Waals surface area contributed by atoms with Crippen molar-refractivity contribution in [1.29, 1.82) is 0 Å². The first-order valence-corrected chi connectivity index (χ1v) is 5.64. The summed E-state index contributed by atoms with van der Waals surface area (Å²) >= 11 is 0. The smallest absolute Gasteiger partial charge is 0.246 e. The quantitative estimate of drug-likeness (QED) is 0.613. The molecule has 2 atom stereocenters. The van der Waals surface area contributed by atoms with E-state index in [0.717, 1.165) is 6.42 Å². The molecule has 0 aliphatic heterocycles. The molecule has 0 radical (unpaired) electrons. The summed E-state index contributed by atoms with van der Waals surface area (Å²) in [5, 5.41) is 2.96. The molecule has 0 aromatic carbocycles. The standard InChI is InChI=1S/C11H21NO3/c1-3-4-9-7-10(9)12-11(13)8-15-6-5-14-2/h9-10H,3-8H2,1-2H3,(H,12,13). The van der Waals surface area contributed by atoms with Crippen LogP contribution in [0.1, 0.15) is 26.2 Å². The van der Waals surface area contributed by atoms with E-state index in [0.29, 0.717) is 25.2 Å². The largest absolute Gasteiger partial charge is 0.382 e. The van der Waals surface area contributed by atoms with Crippen molar-refractivity contribution in [3.05, 3.63) is 0 Å². The van der Waals surface area contributed by atoms with Gasteiger partial charge >= 0.3 is 0 Å². The van der Waals surface area contributed by atoms with E-state index in [4.69, 9.17) is 9.47 Å². The van der Waals surface area contributed by atoms with Crippen molar-refractivity contribution in [1.82, 2.24) is 5.32 Å². The first-order chi connectivity index (χ1) is 7.27. The zero-order valence-corrected chi connectivity index (χ0v) is 9.62. The average Bonchev–Trinajstić information content (AvgIpc) is 2.92. The number of hydrogen-bond acceptors (Lipinski definition) is 3. The first-order valence-electron chi connectivity index (χ1n) is 5.64. The van der Waals surface area contributed by atoms with E-state index in [-0.39, 0.29) is 12.5 Å². The number of carbonyl (C=O) groups is 1. The SMILES string of the molecule is CCCC1CC1NC(=O)COCCOC. The monoisotopic (exact) mass is 215 g/mol. The maximum absolute atomic E-state index is 11.3. The molecule has 0 saturated heterocycles. The van der Waals surface area contributed by atoms with E-state index < -0.39 is 0 Å². The van der Waals surface area contributed by atoms with Gasteiger partial charge in [-0.2, -0.15) is 0 Å². The Balaban J connectivity index is 1.95. The third-order valence-electron chi connectivity index (χ3n) is 2.59. The summed E-state index contributed by atoms with van der Waals surface area (Å²) in [6.45, 7) is 3.34. The van der Waals surface area contributed by atoms with Crippen molar-refractivity contribution >= 4 is 5.91 Å². The maximum atomic E-state index is 11.3. The van der Waals surface area contributed by atoms with Crippen molar-refractivity contribution in [2.45, 2.75) is 32.2 Å². The lowest BCUT2D eigenvalue weighted by atomic mass is 10.2. The zero-order chi connectivity index (χ0) is 11.1. The molecule has 0 bridgehead atoms. The minimum atomic E-state index is -0.00490. The third kappa shape index (κ3) is 5.14. The Bertz CT molecular complexity index is 196. The van der Waals surface area contributed by atoms with Gasteiger partial charge in [-0.05, 0) is 18.8 Å². The minimum Gasteiger partial charge on any atom is -0.382 e. The molecule has 15 heavy (non-hydrogen) atoms. The highest BCUT2D eigenvalue weighted by Gasteiger charge is 2.36. The van der Waals surface area contributed by atoms with Gasteiger partial charge in [-0.25, -0.2) is 0 Å². The van der Waals surface area contributed by atoms with Crippen molar-refractivity contribution in [3.63, 3.8) is 0 Å². The van der Waals surface area contributed by atoms with Gasteiger partial charge in [0.1, 0.15) is 6.61 Å². The van der Waals surface area contributed by atoms with Crippen molar-refractivity contribution in [2.24, 2.45) is 5.92 Å². The topological polar surface area (TPSA) is 47.6 Å². The van der Waals surface area contributed by atoms with Gasteiger partial charge in [-0.3, -0.25) is 4.79 Å². The third-order valence-corrected chi connectivity index (χ3v) is 2.59. The van der Waals surface area contributed by atoms with Crippen molar-refractivity contribution < 1.29 is 14.3 Å². The van der Waals surface area contributed by atoms with Crippen LogP contribution in [-0.4, -0.2) is 38.9 Å². The van der Waals surface area contributed by atoms with Crippen LogP contribution in [0, 0.1) is 5.92 Å². The minimum absolute atomic E-state index is 0.00490. The Hall–Kier alpha value is -0.610. The average molecular weight is 215 g/mol. The second-order valence-electron chi connectivity index (χ2n) is 4.00. The summed E-state index contributed by atoms with van der Waals surface area (Å²) in [5.41, 5.74) is 0. The van der Waals surface area contributed by atoms with Gasteiger partial charge in [0.05, 0.1) is 13.2 Å². The molecule has 1 N–H and O–H groups in total. The van der Waals surface area contributed by atoms with Gasteiger partial charge in [0.15, 0.2) is 0 Å². The lowest BCUT2D eigenvalue weighted by Gasteiger charge is -2.05. The van der Waals surface area contributed by atoms with Gasteiger partial charge in [0, 0.05) is 13.2 Å². The van der Waals surface area contributed by atoms with E-state index in [1.54, 1.807) is 7.11 Å². The van der Waals surface area contributed by atoms with Gasteiger partial charge in [-0.1, -0.05) is 13.3 Å². The predicted molar refractivity (Wildman–Crippen MR) is 57.6 cm³/mol. The lowest BCUT2D eigenvalue weighted by molar-refractivity contribution is -0.126. The van der Waals surface area contributed by atoms with Crippen LogP contribution in [0.2, 0.25) is 0 Å². The van der Waals surface area contributed by atoms with Gasteiger partial charge in [0.2, 0.25) is 5.91 Å². The summed E-state index contributed by atoms with van der Waals surface area (Å²) < 4.78 is 9.93. The Morgan fingerprint density at radius 2 is 2.27 bits per heavy atom. The highest BCUT2D eigenvalue weighted by molar-refractivity contribution is 5.77. The summed E-state index contributed by atoms with van der Waals surface area (Å²) in [5.74, 6) is 0.702. The molecule has 1 saturated carbocycles. The van der Waals surface area contributed by atoms with Gasteiger partial charge in [-0.15, -0.1) is 0 Å². The highest BCUT2D eigenvalue weighted by atomic mass is 16.5. The van der Waals surface area contributed by atoms with Crippen LogP contribution in [0.15, 0.2) is 0 Å². The van der Waals surface area contributed by atoms with Gasteiger partial charge < -0.3 is 14.8 Å². The molecule has 1 fully saturated rings. The molecule has 4 heteroatoms. The number of nitrogens with one attached hydrogen (secondary N) is 1. The second kappa shape index (κ2) is 6.80. The molecule has 1 aliphatic rings. The second-order valence-corrected chi connectivity index (χ2v) is 4.00. The van der Waals surface area contributed by atoms with E-state index >= 15 is 0 Å². The number of methoxy groups -OCH3 is 1. The number of hydrogen-bond donors (Lipinski definition) is 1. The van der Waals surface area contributed by atoms with Crippen LogP contribution in [0.4, 0.5) is 0 Å².